The molecule has 2 heteroatoms. The molecule has 0 bridgehead atoms. The lowest BCUT2D eigenvalue weighted by Crippen LogP contribution is -2.06. The van der Waals surface area contributed by atoms with E-state index >= 15 is 0 Å². The van der Waals surface area contributed by atoms with E-state index in [1.165, 1.54) is 17.2 Å². The van der Waals surface area contributed by atoms with E-state index in [2.05, 4.69) is 36.2 Å². The molecule has 0 spiro atoms. The Bertz CT molecular complexity index is 597. The van der Waals surface area contributed by atoms with Gasteiger partial charge in [-0.2, -0.15) is 0 Å². The molecule has 1 amide bonds. The van der Waals surface area contributed by atoms with Gasteiger partial charge < -0.3 is 5.32 Å². The van der Waals surface area contributed by atoms with Crippen molar-refractivity contribution in [1.82, 2.24) is 0 Å². The quantitative estimate of drug-likeness (QED) is 0.809. The summed E-state index contributed by atoms with van der Waals surface area (Å²) in [7, 11) is 0. The fourth-order valence-electron chi connectivity index (χ4n) is 1.81. The van der Waals surface area contributed by atoms with Crippen LogP contribution in [0.3, 0.4) is 0 Å². The molecular formula is C18H17NO. The number of nitrogens with one attached hydrogen (secondary N) is 1. The highest BCUT2D eigenvalue weighted by Gasteiger charge is 1.96. The first-order valence-corrected chi connectivity index (χ1v) is 6.52. The third-order valence-corrected chi connectivity index (χ3v) is 2.87. The van der Waals surface area contributed by atoms with E-state index in [1.807, 2.05) is 42.5 Å². The Balaban J connectivity index is 1.92. The Kier molecular flexibility index (Phi) is 4.90. The minimum atomic E-state index is -0.193. The SMILES string of the molecule is C=CC(=O)Nc1ccc(C/C=C/c2ccccc2)cc1. The molecule has 2 rings (SSSR count). The maximum atomic E-state index is 11.2. The highest BCUT2D eigenvalue weighted by Crippen LogP contribution is 2.11. The number of anilines is 1. The molecule has 0 aromatic heterocycles. The Morgan fingerprint density at radius 2 is 1.75 bits per heavy atom. The Morgan fingerprint density at radius 1 is 1.05 bits per heavy atom. The fraction of sp³-hybridized carbons (Fsp3) is 0.0556. The van der Waals surface area contributed by atoms with Crippen LogP contribution in [0, 0.1) is 0 Å². The monoisotopic (exact) mass is 263 g/mol. The van der Waals surface area contributed by atoms with E-state index in [0.717, 1.165) is 12.1 Å². The molecule has 0 atom stereocenters. The predicted molar refractivity (Wildman–Crippen MR) is 84.4 cm³/mol. The molecule has 0 unspecified atom stereocenters. The average molecular weight is 263 g/mol. The number of hydrogen-bond acceptors (Lipinski definition) is 1. The second kappa shape index (κ2) is 7.10. The van der Waals surface area contributed by atoms with Gasteiger partial charge in [-0.3, -0.25) is 4.79 Å². The summed E-state index contributed by atoms with van der Waals surface area (Å²) in [5.74, 6) is -0.193. The molecule has 0 aliphatic carbocycles. The summed E-state index contributed by atoms with van der Waals surface area (Å²) >= 11 is 0. The molecule has 0 aliphatic heterocycles. The zero-order valence-electron chi connectivity index (χ0n) is 11.3. The van der Waals surface area contributed by atoms with Gasteiger partial charge in [0.05, 0.1) is 0 Å². The average Bonchev–Trinajstić information content (AvgIpc) is 2.50. The van der Waals surface area contributed by atoms with Crippen LogP contribution in [-0.2, 0) is 11.2 Å². The summed E-state index contributed by atoms with van der Waals surface area (Å²) in [6.45, 7) is 3.42. The summed E-state index contributed by atoms with van der Waals surface area (Å²) in [4.78, 5) is 11.2. The van der Waals surface area contributed by atoms with E-state index < -0.39 is 0 Å². The van der Waals surface area contributed by atoms with Crippen molar-refractivity contribution in [2.24, 2.45) is 0 Å². The lowest BCUT2D eigenvalue weighted by Gasteiger charge is -2.03. The first kappa shape index (κ1) is 13.8. The van der Waals surface area contributed by atoms with Crippen LogP contribution in [0.15, 0.2) is 73.3 Å². The van der Waals surface area contributed by atoms with Gasteiger partial charge in [-0.15, -0.1) is 0 Å². The van der Waals surface area contributed by atoms with Crippen molar-refractivity contribution >= 4 is 17.7 Å². The summed E-state index contributed by atoms with van der Waals surface area (Å²) in [6.07, 6.45) is 6.36. The van der Waals surface area contributed by atoms with Crippen LogP contribution in [0.5, 0.6) is 0 Å². The summed E-state index contributed by atoms with van der Waals surface area (Å²) in [6, 6.07) is 18.0. The normalized spacial score (nSPS) is 10.4. The first-order valence-electron chi connectivity index (χ1n) is 6.52. The Labute approximate surface area is 119 Å². The number of amides is 1. The number of carbonyl (C=O) groups is 1. The molecule has 20 heavy (non-hydrogen) atoms. The molecule has 0 radical (unpaired) electrons. The Morgan fingerprint density at radius 3 is 2.40 bits per heavy atom. The second-order valence-corrected chi connectivity index (χ2v) is 4.41. The molecule has 2 aromatic rings. The van der Waals surface area contributed by atoms with Crippen molar-refractivity contribution in [2.45, 2.75) is 6.42 Å². The molecule has 0 heterocycles. The number of allylic oxidation sites excluding steroid dienone is 1. The zero-order chi connectivity index (χ0) is 14.2. The molecule has 2 nitrogen and oxygen atoms in total. The van der Waals surface area contributed by atoms with Gasteiger partial charge >= 0.3 is 0 Å². The number of rotatable bonds is 5. The van der Waals surface area contributed by atoms with Crippen molar-refractivity contribution in [3.63, 3.8) is 0 Å². The van der Waals surface area contributed by atoms with Crippen LogP contribution in [0.1, 0.15) is 11.1 Å². The van der Waals surface area contributed by atoms with Crippen LogP contribution in [0.25, 0.3) is 6.08 Å². The van der Waals surface area contributed by atoms with Gasteiger partial charge in [-0.05, 0) is 35.8 Å². The third kappa shape index (κ3) is 4.25. The molecule has 100 valence electrons. The van der Waals surface area contributed by atoms with E-state index in [4.69, 9.17) is 0 Å². The minimum Gasteiger partial charge on any atom is -0.323 e. The van der Waals surface area contributed by atoms with E-state index in [-0.39, 0.29) is 5.91 Å². The summed E-state index contributed by atoms with van der Waals surface area (Å²) < 4.78 is 0. The number of benzene rings is 2. The van der Waals surface area contributed by atoms with Crippen LogP contribution >= 0.6 is 0 Å². The van der Waals surface area contributed by atoms with Gasteiger partial charge in [0.2, 0.25) is 5.91 Å². The first-order chi connectivity index (χ1) is 9.78. The van der Waals surface area contributed by atoms with Gasteiger partial charge in [-0.25, -0.2) is 0 Å². The van der Waals surface area contributed by atoms with Crippen molar-refractivity contribution in [3.8, 4) is 0 Å². The van der Waals surface area contributed by atoms with E-state index in [9.17, 15) is 4.79 Å². The van der Waals surface area contributed by atoms with Crippen LogP contribution in [-0.4, -0.2) is 5.91 Å². The van der Waals surface area contributed by atoms with Crippen molar-refractivity contribution < 1.29 is 4.79 Å². The fourth-order valence-corrected chi connectivity index (χ4v) is 1.81. The van der Waals surface area contributed by atoms with Crippen LogP contribution in [0.4, 0.5) is 5.69 Å². The largest absolute Gasteiger partial charge is 0.323 e. The van der Waals surface area contributed by atoms with Gasteiger partial charge in [0.15, 0.2) is 0 Å². The lowest BCUT2D eigenvalue weighted by molar-refractivity contribution is -0.111. The van der Waals surface area contributed by atoms with Gasteiger partial charge in [0.1, 0.15) is 0 Å². The maximum Gasteiger partial charge on any atom is 0.247 e. The van der Waals surface area contributed by atoms with Crippen molar-refractivity contribution in [2.75, 3.05) is 5.32 Å². The standard InChI is InChI=1S/C18H17NO/c1-2-18(20)19-17-13-11-16(12-14-17)10-6-9-15-7-4-3-5-8-15/h2-9,11-14H,1,10H2,(H,19,20)/b9-6+. The molecule has 0 saturated carbocycles. The molecular weight excluding hydrogens is 246 g/mol. The third-order valence-electron chi connectivity index (χ3n) is 2.87. The zero-order valence-corrected chi connectivity index (χ0v) is 11.3. The van der Waals surface area contributed by atoms with Gasteiger partial charge in [-0.1, -0.05) is 61.2 Å². The van der Waals surface area contributed by atoms with Gasteiger partial charge in [0.25, 0.3) is 0 Å². The van der Waals surface area contributed by atoms with E-state index in [1.54, 1.807) is 0 Å². The summed E-state index contributed by atoms with van der Waals surface area (Å²) in [5.41, 5.74) is 3.18. The predicted octanol–water partition coefficient (Wildman–Crippen LogP) is 4.07. The second-order valence-electron chi connectivity index (χ2n) is 4.41. The van der Waals surface area contributed by atoms with Crippen LogP contribution < -0.4 is 5.32 Å². The highest BCUT2D eigenvalue weighted by molar-refractivity contribution is 5.98. The van der Waals surface area contributed by atoms with E-state index in [0.29, 0.717) is 0 Å². The molecule has 0 saturated heterocycles. The molecule has 1 N–H and O–H groups in total. The van der Waals surface area contributed by atoms with Crippen LogP contribution in [0.2, 0.25) is 0 Å². The minimum absolute atomic E-state index is 0.193. The van der Waals surface area contributed by atoms with Crippen molar-refractivity contribution in [1.29, 1.82) is 0 Å². The number of hydrogen-bond donors (Lipinski definition) is 1. The lowest BCUT2D eigenvalue weighted by atomic mass is 10.1. The Hall–Kier alpha value is -2.61. The smallest absolute Gasteiger partial charge is 0.247 e. The molecule has 0 fully saturated rings. The summed E-state index contributed by atoms with van der Waals surface area (Å²) in [5, 5.41) is 2.73. The van der Waals surface area contributed by atoms with Crippen molar-refractivity contribution in [3.05, 3.63) is 84.5 Å². The number of carbonyl (C=O) groups excluding carboxylic acids is 1. The topological polar surface area (TPSA) is 29.1 Å². The highest BCUT2D eigenvalue weighted by atomic mass is 16.1. The maximum absolute atomic E-state index is 11.2. The molecule has 0 aliphatic rings. The van der Waals surface area contributed by atoms with Gasteiger partial charge in [0, 0.05) is 5.69 Å². The molecule has 2 aromatic carbocycles.